The molecule has 1 saturated carbocycles. The zero-order chi connectivity index (χ0) is 11.5. The van der Waals surface area contributed by atoms with Gasteiger partial charge in [-0.1, -0.05) is 13.8 Å². The molecule has 1 fully saturated rings. The van der Waals surface area contributed by atoms with Crippen molar-refractivity contribution in [3.8, 4) is 0 Å². The molecule has 90 valence electrons. The van der Waals surface area contributed by atoms with Gasteiger partial charge in [0.15, 0.2) is 4.77 Å². The van der Waals surface area contributed by atoms with Gasteiger partial charge in [-0.3, -0.25) is 0 Å². The van der Waals surface area contributed by atoms with Crippen LogP contribution in [0.25, 0.3) is 0 Å². The monoisotopic (exact) mass is 240 g/mol. The molecule has 1 aromatic rings. The second kappa shape index (κ2) is 5.15. The van der Waals surface area contributed by atoms with Gasteiger partial charge in [0, 0.05) is 25.0 Å². The fourth-order valence-electron chi connectivity index (χ4n) is 1.81. The molecule has 16 heavy (non-hydrogen) atoms. The molecule has 1 aliphatic carbocycles. The molecule has 0 atom stereocenters. The minimum atomic E-state index is 0.497. The van der Waals surface area contributed by atoms with Gasteiger partial charge in [-0.2, -0.15) is 0 Å². The van der Waals surface area contributed by atoms with E-state index >= 15 is 0 Å². The predicted molar refractivity (Wildman–Crippen MR) is 67.2 cm³/mol. The van der Waals surface area contributed by atoms with Gasteiger partial charge in [-0.25, -0.2) is 0 Å². The van der Waals surface area contributed by atoms with E-state index in [-0.39, 0.29) is 0 Å². The Balaban J connectivity index is 1.86. The Kier molecular flexibility index (Phi) is 3.82. The summed E-state index contributed by atoms with van der Waals surface area (Å²) < 4.78 is 8.59. The van der Waals surface area contributed by atoms with E-state index in [0.717, 1.165) is 30.4 Å². The third-order valence-electron chi connectivity index (χ3n) is 3.00. The fourth-order valence-corrected chi connectivity index (χ4v) is 2.06. The average Bonchev–Trinajstić information content (AvgIpc) is 2.98. The van der Waals surface area contributed by atoms with Gasteiger partial charge >= 0.3 is 0 Å². The first-order valence-electron chi connectivity index (χ1n) is 6.04. The van der Waals surface area contributed by atoms with E-state index in [0.29, 0.717) is 5.92 Å². The highest BCUT2D eigenvalue weighted by atomic mass is 32.1. The Morgan fingerprint density at radius 2 is 2.31 bits per heavy atom. The van der Waals surface area contributed by atoms with Crippen molar-refractivity contribution < 1.29 is 4.74 Å². The summed E-state index contributed by atoms with van der Waals surface area (Å²) in [5.41, 5.74) is 1.26. The number of aromatic nitrogens is 2. The first-order valence-corrected chi connectivity index (χ1v) is 6.45. The Morgan fingerprint density at radius 3 is 2.94 bits per heavy atom. The van der Waals surface area contributed by atoms with Gasteiger partial charge in [-0.05, 0) is 36.9 Å². The first kappa shape index (κ1) is 11.9. The third kappa shape index (κ3) is 2.95. The summed E-state index contributed by atoms with van der Waals surface area (Å²) in [6.07, 6.45) is 4.70. The second-order valence-electron chi connectivity index (χ2n) is 4.84. The number of hydrogen-bond donors (Lipinski definition) is 1. The van der Waals surface area contributed by atoms with Crippen molar-refractivity contribution in [3.63, 3.8) is 0 Å². The Bertz CT molecular complexity index is 390. The largest absolute Gasteiger partial charge is 0.379 e. The number of hydrogen-bond acceptors (Lipinski definition) is 2. The van der Waals surface area contributed by atoms with Gasteiger partial charge in [0.1, 0.15) is 0 Å². The number of H-pyrrole nitrogens is 1. The lowest BCUT2D eigenvalue weighted by Gasteiger charge is -2.11. The van der Waals surface area contributed by atoms with Crippen LogP contribution in [0.3, 0.4) is 0 Å². The second-order valence-corrected chi connectivity index (χ2v) is 5.23. The number of imidazole rings is 1. The molecular formula is C12H20N2OS. The van der Waals surface area contributed by atoms with Crippen molar-refractivity contribution in [1.29, 1.82) is 0 Å². The van der Waals surface area contributed by atoms with Crippen LogP contribution in [0.1, 0.15) is 38.3 Å². The molecule has 4 heteroatoms. The molecule has 3 nitrogen and oxygen atoms in total. The van der Waals surface area contributed by atoms with E-state index in [1.165, 1.54) is 18.5 Å². The fraction of sp³-hybridized carbons (Fsp3) is 0.750. The molecule has 1 aliphatic rings. The Labute approximate surface area is 102 Å². The van der Waals surface area contributed by atoms with E-state index in [1.807, 2.05) is 6.20 Å². The number of rotatable bonds is 6. The highest BCUT2D eigenvalue weighted by Crippen LogP contribution is 2.28. The van der Waals surface area contributed by atoms with Gasteiger partial charge in [0.25, 0.3) is 0 Å². The lowest BCUT2D eigenvalue weighted by atomic mass is 10.1. The van der Waals surface area contributed by atoms with Crippen LogP contribution < -0.4 is 0 Å². The molecular weight excluding hydrogens is 220 g/mol. The molecule has 0 saturated heterocycles. The minimum Gasteiger partial charge on any atom is -0.379 e. The maximum Gasteiger partial charge on any atom is 0.177 e. The molecule has 0 unspecified atom stereocenters. The highest BCUT2D eigenvalue weighted by Gasteiger charge is 2.21. The third-order valence-corrected chi connectivity index (χ3v) is 3.34. The van der Waals surface area contributed by atoms with E-state index in [2.05, 4.69) is 23.4 Å². The number of aromatic amines is 1. The number of nitrogens with one attached hydrogen (secondary N) is 1. The minimum absolute atomic E-state index is 0.497. The molecule has 0 radical (unpaired) electrons. The van der Waals surface area contributed by atoms with Gasteiger partial charge in [-0.15, -0.1) is 0 Å². The summed E-state index contributed by atoms with van der Waals surface area (Å²) in [7, 11) is 0. The Morgan fingerprint density at radius 1 is 1.56 bits per heavy atom. The average molecular weight is 240 g/mol. The highest BCUT2D eigenvalue weighted by molar-refractivity contribution is 7.71. The van der Waals surface area contributed by atoms with E-state index < -0.39 is 0 Å². The molecule has 2 rings (SSSR count). The zero-order valence-electron chi connectivity index (χ0n) is 10.0. The van der Waals surface area contributed by atoms with Crippen LogP contribution in [-0.2, 0) is 11.3 Å². The maximum atomic E-state index is 5.64. The van der Waals surface area contributed by atoms with E-state index in [1.54, 1.807) is 0 Å². The van der Waals surface area contributed by atoms with Crippen LogP contribution in [0.4, 0.5) is 0 Å². The molecule has 1 aromatic heterocycles. The first-order chi connectivity index (χ1) is 7.68. The number of ether oxygens (including phenoxy) is 1. The van der Waals surface area contributed by atoms with Crippen molar-refractivity contribution in [3.05, 3.63) is 16.7 Å². The quantitative estimate of drug-likeness (QED) is 0.611. The molecule has 0 aromatic carbocycles. The smallest absolute Gasteiger partial charge is 0.177 e. The van der Waals surface area contributed by atoms with Crippen LogP contribution in [-0.4, -0.2) is 22.8 Å². The molecule has 0 aliphatic heterocycles. The maximum absolute atomic E-state index is 5.64. The van der Waals surface area contributed by atoms with Crippen LogP contribution >= 0.6 is 12.2 Å². The van der Waals surface area contributed by atoms with Crippen LogP contribution in [0.15, 0.2) is 6.20 Å². The standard InChI is InChI=1S/C12H20N2OS/c1-9(2)11-7-13-12(16)14(11)5-6-15-8-10-3-4-10/h7,9-10H,3-6,8H2,1-2H3,(H,13,16). The van der Waals surface area contributed by atoms with Gasteiger partial charge in [0.2, 0.25) is 0 Å². The van der Waals surface area contributed by atoms with Crippen LogP contribution in [0.2, 0.25) is 0 Å². The zero-order valence-corrected chi connectivity index (χ0v) is 10.8. The summed E-state index contributed by atoms with van der Waals surface area (Å²) in [5.74, 6) is 1.33. The van der Waals surface area contributed by atoms with Crippen LogP contribution in [0.5, 0.6) is 0 Å². The number of nitrogens with zero attached hydrogens (tertiary/aromatic N) is 1. The molecule has 1 heterocycles. The summed E-state index contributed by atoms with van der Waals surface area (Å²) >= 11 is 5.26. The van der Waals surface area contributed by atoms with Crippen molar-refractivity contribution in [1.82, 2.24) is 9.55 Å². The van der Waals surface area contributed by atoms with Gasteiger partial charge < -0.3 is 14.3 Å². The summed E-state index contributed by atoms with van der Waals surface area (Å²) in [4.78, 5) is 3.10. The van der Waals surface area contributed by atoms with E-state index in [4.69, 9.17) is 17.0 Å². The normalized spacial score (nSPS) is 15.9. The van der Waals surface area contributed by atoms with Crippen molar-refractivity contribution >= 4 is 12.2 Å². The van der Waals surface area contributed by atoms with E-state index in [9.17, 15) is 0 Å². The Hall–Kier alpha value is -0.610. The summed E-state index contributed by atoms with van der Waals surface area (Å²) in [5, 5.41) is 0. The molecule has 0 spiro atoms. The van der Waals surface area contributed by atoms with Crippen molar-refractivity contribution in [2.75, 3.05) is 13.2 Å². The topological polar surface area (TPSA) is 29.9 Å². The van der Waals surface area contributed by atoms with Crippen molar-refractivity contribution in [2.24, 2.45) is 5.92 Å². The molecule has 1 N–H and O–H groups in total. The van der Waals surface area contributed by atoms with Crippen LogP contribution in [0, 0.1) is 10.7 Å². The molecule has 0 bridgehead atoms. The SMILES string of the molecule is CC(C)c1c[nH]c(=S)n1CCOCC1CC1. The lowest BCUT2D eigenvalue weighted by molar-refractivity contribution is 0.116. The predicted octanol–water partition coefficient (Wildman–Crippen LogP) is 3.10. The van der Waals surface area contributed by atoms with Gasteiger partial charge in [0.05, 0.1) is 6.61 Å². The lowest BCUT2D eigenvalue weighted by Crippen LogP contribution is -2.11. The summed E-state index contributed by atoms with van der Waals surface area (Å²) in [6.45, 7) is 6.92. The van der Waals surface area contributed by atoms with Crippen molar-refractivity contribution in [2.45, 2.75) is 39.2 Å². The summed E-state index contributed by atoms with van der Waals surface area (Å²) in [6, 6.07) is 0. The molecule has 0 amide bonds.